The lowest BCUT2D eigenvalue weighted by molar-refractivity contribution is 0.395. The van der Waals surface area contributed by atoms with E-state index >= 15 is 0 Å². The van der Waals surface area contributed by atoms with Gasteiger partial charge in [-0.25, -0.2) is 4.98 Å². The van der Waals surface area contributed by atoms with Gasteiger partial charge in [0.25, 0.3) is 0 Å². The molecule has 3 heteroatoms. The van der Waals surface area contributed by atoms with Crippen LogP contribution in [0.2, 0.25) is 0 Å². The topological polar surface area (TPSA) is 34.1 Å². The SMILES string of the molecule is COc1cccc(CN[C@H](C)c2cccc(C)c2)n1. The van der Waals surface area contributed by atoms with E-state index in [-0.39, 0.29) is 0 Å². The minimum Gasteiger partial charge on any atom is -0.481 e. The number of pyridine rings is 1. The highest BCUT2D eigenvalue weighted by atomic mass is 16.5. The van der Waals surface area contributed by atoms with Crippen LogP contribution in [0.15, 0.2) is 42.5 Å². The molecule has 0 aliphatic rings. The summed E-state index contributed by atoms with van der Waals surface area (Å²) >= 11 is 0. The fourth-order valence-electron chi connectivity index (χ4n) is 1.98. The lowest BCUT2D eigenvalue weighted by Crippen LogP contribution is -2.18. The molecule has 0 aliphatic carbocycles. The summed E-state index contributed by atoms with van der Waals surface area (Å²) in [7, 11) is 1.63. The summed E-state index contributed by atoms with van der Waals surface area (Å²) in [6, 6.07) is 14.7. The molecular weight excluding hydrogens is 236 g/mol. The van der Waals surface area contributed by atoms with Crippen molar-refractivity contribution in [1.29, 1.82) is 0 Å². The van der Waals surface area contributed by atoms with Crippen molar-refractivity contribution in [3.63, 3.8) is 0 Å². The van der Waals surface area contributed by atoms with Gasteiger partial charge < -0.3 is 10.1 Å². The summed E-state index contributed by atoms with van der Waals surface area (Å²) in [6.07, 6.45) is 0. The van der Waals surface area contributed by atoms with Gasteiger partial charge in [-0.1, -0.05) is 35.9 Å². The van der Waals surface area contributed by atoms with Crippen LogP contribution < -0.4 is 10.1 Å². The number of rotatable bonds is 5. The van der Waals surface area contributed by atoms with Crippen molar-refractivity contribution in [3.05, 3.63) is 59.3 Å². The third kappa shape index (κ3) is 3.80. The zero-order valence-corrected chi connectivity index (χ0v) is 11.7. The maximum Gasteiger partial charge on any atom is 0.213 e. The minimum absolute atomic E-state index is 0.299. The second-order valence-electron chi connectivity index (χ2n) is 4.69. The molecule has 0 saturated heterocycles. The summed E-state index contributed by atoms with van der Waals surface area (Å²) in [5.41, 5.74) is 3.56. The Hall–Kier alpha value is -1.87. The molecule has 1 atom stereocenters. The van der Waals surface area contributed by atoms with Crippen LogP contribution in [-0.2, 0) is 6.54 Å². The Balaban J connectivity index is 1.98. The largest absolute Gasteiger partial charge is 0.481 e. The van der Waals surface area contributed by atoms with E-state index in [4.69, 9.17) is 4.74 Å². The fraction of sp³-hybridized carbons (Fsp3) is 0.312. The molecule has 2 rings (SSSR count). The molecule has 0 amide bonds. The molecule has 3 nitrogen and oxygen atoms in total. The van der Waals surface area contributed by atoms with Gasteiger partial charge in [0.1, 0.15) is 0 Å². The number of nitrogens with one attached hydrogen (secondary N) is 1. The molecule has 1 N–H and O–H groups in total. The Morgan fingerprint density at radius 2 is 2.00 bits per heavy atom. The van der Waals surface area contributed by atoms with E-state index in [0.29, 0.717) is 11.9 Å². The molecule has 1 aromatic heterocycles. The van der Waals surface area contributed by atoms with Crippen LogP contribution in [-0.4, -0.2) is 12.1 Å². The van der Waals surface area contributed by atoms with Gasteiger partial charge >= 0.3 is 0 Å². The van der Waals surface area contributed by atoms with Crippen LogP contribution >= 0.6 is 0 Å². The Kier molecular flexibility index (Phi) is 4.53. The maximum atomic E-state index is 5.12. The van der Waals surface area contributed by atoms with Gasteiger partial charge in [-0.2, -0.15) is 0 Å². The number of nitrogens with zero attached hydrogens (tertiary/aromatic N) is 1. The number of methoxy groups -OCH3 is 1. The Bertz CT molecular complexity index is 540. The van der Waals surface area contributed by atoms with E-state index < -0.39 is 0 Å². The van der Waals surface area contributed by atoms with Crippen molar-refractivity contribution in [2.75, 3.05) is 7.11 Å². The van der Waals surface area contributed by atoms with E-state index in [1.807, 2.05) is 18.2 Å². The molecule has 0 unspecified atom stereocenters. The van der Waals surface area contributed by atoms with Crippen molar-refractivity contribution in [2.45, 2.75) is 26.4 Å². The molecule has 2 aromatic rings. The van der Waals surface area contributed by atoms with Crippen LogP contribution in [0.1, 0.15) is 29.8 Å². The molecule has 1 heterocycles. The molecule has 0 bridgehead atoms. The third-order valence-electron chi connectivity index (χ3n) is 3.12. The highest BCUT2D eigenvalue weighted by Crippen LogP contribution is 2.14. The number of ether oxygens (including phenoxy) is 1. The van der Waals surface area contributed by atoms with Gasteiger partial charge in [-0.05, 0) is 25.5 Å². The van der Waals surface area contributed by atoms with Crippen LogP contribution in [0.3, 0.4) is 0 Å². The van der Waals surface area contributed by atoms with Gasteiger partial charge in [0.05, 0.1) is 12.8 Å². The average Bonchev–Trinajstić information content (AvgIpc) is 2.45. The fourth-order valence-corrected chi connectivity index (χ4v) is 1.98. The average molecular weight is 256 g/mol. The molecule has 100 valence electrons. The first-order chi connectivity index (χ1) is 9.19. The van der Waals surface area contributed by atoms with E-state index in [2.05, 4.69) is 48.4 Å². The third-order valence-corrected chi connectivity index (χ3v) is 3.12. The van der Waals surface area contributed by atoms with Crippen molar-refractivity contribution >= 4 is 0 Å². The van der Waals surface area contributed by atoms with E-state index in [9.17, 15) is 0 Å². The van der Waals surface area contributed by atoms with Crippen LogP contribution in [0, 0.1) is 6.92 Å². The van der Waals surface area contributed by atoms with Crippen molar-refractivity contribution in [3.8, 4) is 5.88 Å². The Labute approximate surface area is 114 Å². The second kappa shape index (κ2) is 6.34. The summed E-state index contributed by atoms with van der Waals surface area (Å²) < 4.78 is 5.12. The van der Waals surface area contributed by atoms with E-state index in [1.54, 1.807) is 7.11 Å². The zero-order chi connectivity index (χ0) is 13.7. The summed E-state index contributed by atoms with van der Waals surface area (Å²) in [5, 5.41) is 3.48. The first kappa shape index (κ1) is 13.6. The monoisotopic (exact) mass is 256 g/mol. The van der Waals surface area contributed by atoms with Gasteiger partial charge in [-0.15, -0.1) is 0 Å². The van der Waals surface area contributed by atoms with E-state index in [1.165, 1.54) is 11.1 Å². The van der Waals surface area contributed by atoms with Crippen LogP contribution in [0.4, 0.5) is 0 Å². The molecule has 0 radical (unpaired) electrons. The number of benzene rings is 1. The Morgan fingerprint density at radius 1 is 1.21 bits per heavy atom. The lowest BCUT2D eigenvalue weighted by atomic mass is 10.1. The van der Waals surface area contributed by atoms with Crippen LogP contribution in [0.5, 0.6) is 5.88 Å². The summed E-state index contributed by atoms with van der Waals surface area (Å²) in [4.78, 5) is 4.39. The molecule has 0 spiro atoms. The second-order valence-corrected chi connectivity index (χ2v) is 4.69. The number of hydrogen-bond acceptors (Lipinski definition) is 3. The first-order valence-corrected chi connectivity index (χ1v) is 6.49. The molecule has 1 aromatic carbocycles. The van der Waals surface area contributed by atoms with E-state index in [0.717, 1.165) is 12.2 Å². The van der Waals surface area contributed by atoms with Gasteiger partial charge in [0, 0.05) is 18.7 Å². The lowest BCUT2D eigenvalue weighted by Gasteiger charge is -2.14. The highest BCUT2D eigenvalue weighted by molar-refractivity contribution is 5.24. The van der Waals surface area contributed by atoms with Gasteiger partial charge in [0.2, 0.25) is 5.88 Å². The number of aryl methyl sites for hydroxylation is 1. The summed E-state index contributed by atoms with van der Waals surface area (Å²) in [6.45, 7) is 5.00. The molecule has 0 fully saturated rings. The van der Waals surface area contributed by atoms with Crippen molar-refractivity contribution in [1.82, 2.24) is 10.3 Å². The molecular formula is C16H20N2O. The normalized spacial score (nSPS) is 12.2. The first-order valence-electron chi connectivity index (χ1n) is 6.49. The van der Waals surface area contributed by atoms with Crippen molar-refractivity contribution in [2.24, 2.45) is 0 Å². The number of aromatic nitrogens is 1. The quantitative estimate of drug-likeness (QED) is 0.891. The molecule has 19 heavy (non-hydrogen) atoms. The van der Waals surface area contributed by atoms with Crippen molar-refractivity contribution < 1.29 is 4.74 Å². The standard InChI is InChI=1S/C16H20N2O/c1-12-6-4-7-14(10-12)13(2)17-11-15-8-5-9-16(18-15)19-3/h4-10,13,17H,11H2,1-3H3/t13-/m1/s1. The summed E-state index contributed by atoms with van der Waals surface area (Å²) in [5.74, 6) is 0.655. The smallest absolute Gasteiger partial charge is 0.213 e. The number of hydrogen-bond donors (Lipinski definition) is 1. The highest BCUT2D eigenvalue weighted by Gasteiger charge is 2.05. The van der Waals surface area contributed by atoms with Gasteiger partial charge in [0.15, 0.2) is 0 Å². The minimum atomic E-state index is 0.299. The Morgan fingerprint density at radius 3 is 2.74 bits per heavy atom. The van der Waals surface area contributed by atoms with Crippen LogP contribution in [0.25, 0.3) is 0 Å². The molecule has 0 aliphatic heterocycles. The molecule has 0 saturated carbocycles. The maximum absolute atomic E-state index is 5.12. The predicted octanol–water partition coefficient (Wildman–Crippen LogP) is 3.25. The zero-order valence-electron chi connectivity index (χ0n) is 11.7. The predicted molar refractivity (Wildman–Crippen MR) is 77.2 cm³/mol. The van der Waals surface area contributed by atoms with Gasteiger partial charge in [-0.3, -0.25) is 0 Å².